The molecule has 0 amide bonds. The largest absolute Gasteiger partial charge is 0.493 e. The molecule has 9 nitrogen and oxygen atoms in total. The molecule has 1 aromatic rings. The number of epoxide rings is 1. The van der Waals surface area contributed by atoms with E-state index in [0.29, 0.717) is 18.6 Å². The van der Waals surface area contributed by atoms with E-state index >= 15 is 0 Å². The number of carboxylic acids is 2. The predicted molar refractivity (Wildman–Crippen MR) is 85.1 cm³/mol. The van der Waals surface area contributed by atoms with Crippen LogP contribution in [0.25, 0.3) is 0 Å². The fraction of sp³-hybridized carbons (Fsp3) is 0.412. The zero-order valence-corrected chi connectivity index (χ0v) is 13.7. The number of aliphatic hydroxyl groups excluding tert-OH is 1. The van der Waals surface area contributed by atoms with Crippen LogP contribution in [0.15, 0.2) is 30.2 Å². The van der Waals surface area contributed by atoms with Crippen LogP contribution in [0.3, 0.4) is 0 Å². The van der Waals surface area contributed by atoms with Gasteiger partial charge in [0.15, 0.2) is 18.5 Å². The van der Waals surface area contributed by atoms with E-state index in [1.807, 2.05) is 0 Å². The molecule has 0 aromatic heterocycles. The fourth-order valence-electron chi connectivity index (χ4n) is 2.60. The first kappa shape index (κ1) is 17.9. The normalized spacial score (nSPS) is 23.0. The van der Waals surface area contributed by atoms with Crippen LogP contribution in [-0.2, 0) is 14.3 Å². The van der Waals surface area contributed by atoms with Gasteiger partial charge in [-0.25, -0.2) is 9.59 Å². The third-order valence-electron chi connectivity index (χ3n) is 3.93. The predicted octanol–water partition coefficient (Wildman–Crippen LogP) is 1.01. The number of rotatable bonds is 9. The van der Waals surface area contributed by atoms with Gasteiger partial charge in [-0.05, 0) is 25.0 Å². The Labute approximate surface area is 148 Å². The van der Waals surface area contributed by atoms with Crippen LogP contribution in [0.5, 0.6) is 11.5 Å². The summed E-state index contributed by atoms with van der Waals surface area (Å²) in [5.74, 6) is -1.35. The quantitative estimate of drug-likeness (QED) is 0.432. The number of hydrogen-bond acceptors (Lipinski definition) is 7. The molecule has 0 bridgehead atoms. The number of fused-ring (bicyclic) bond motifs is 1. The minimum absolute atomic E-state index is 0.0718. The van der Waals surface area contributed by atoms with Gasteiger partial charge in [-0.2, -0.15) is 0 Å². The van der Waals surface area contributed by atoms with Crippen molar-refractivity contribution >= 4 is 11.9 Å². The average molecular weight is 366 g/mol. The van der Waals surface area contributed by atoms with Crippen molar-refractivity contribution in [1.29, 1.82) is 0 Å². The van der Waals surface area contributed by atoms with Gasteiger partial charge in [-0.1, -0.05) is 0 Å². The van der Waals surface area contributed by atoms with Gasteiger partial charge in [0, 0.05) is 6.07 Å². The molecule has 0 spiro atoms. The van der Waals surface area contributed by atoms with E-state index in [1.54, 1.807) is 0 Å². The third kappa shape index (κ3) is 4.37. The summed E-state index contributed by atoms with van der Waals surface area (Å²) in [5.41, 5.74) is -0.0718. The Hall–Kier alpha value is -2.94. The maximum absolute atomic E-state index is 11.2. The van der Waals surface area contributed by atoms with Gasteiger partial charge in [-0.15, -0.1) is 0 Å². The maximum Gasteiger partial charge on any atom is 0.341 e. The molecule has 0 aliphatic carbocycles. The molecule has 26 heavy (non-hydrogen) atoms. The van der Waals surface area contributed by atoms with E-state index in [1.165, 1.54) is 24.5 Å². The second-order valence-electron chi connectivity index (χ2n) is 5.90. The highest BCUT2D eigenvalue weighted by Gasteiger charge is 2.47. The summed E-state index contributed by atoms with van der Waals surface area (Å²) in [6, 6.07) is 3.98. The number of carboxylic acid groups (broad SMARTS) is 2. The van der Waals surface area contributed by atoms with Gasteiger partial charge in [0.1, 0.15) is 30.0 Å². The highest BCUT2D eigenvalue weighted by molar-refractivity contribution is 5.88. The summed E-state index contributed by atoms with van der Waals surface area (Å²) in [6.45, 7) is -0.325. The fourth-order valence-corrected chi connectivity index (χ4v) is 2.60. The van der Waals surface area contributed by atoms with Crippen molar-refractivity contribution in [2.24, 2.45) is 0 Å². The van der Waals surface area contributed by atoms with Gasteiger partial charge in [-0.3, -0.25) is 0 Å². The summed E-state index contributed by atoms with van der Waals surface area (Å²) in [7, 11) is 0. The second-order valence-corrected chi connectivity index (χ2v) is 5.90. The van der Waals surface area contributed by atoms with Gasteiger partial charge in [0.25, 0.3) is 0 Å². The lowest BCUT2D eigenvalue weighted by Crippen LogP contribution is -2.34. The Bertz CT molecular complexity index is 727. The molecule has 2 aliphatic rings. The van der Waals surface area contributed by atoms with E-state index in [4.69, 9.17) is 29.2 Å². The second kappa shape index (κ2) is 7.52. The van der Waals surface area contributed by atoms with Crippen LogP contribution in [-0.4, -0.2) is 58.8 Å². The Morgan fingerprint density at radius 1 is 1.12 bits per heavy atom. The number of aliphatic hydroxyl groups is 1. The first-order valence-electron chi connectivity index (χ1n) is 8.00. The van der Waals surface area contributed by atoms with Gasteiger partial charge >= 0.3 is 11.9 Å². The minimum Gasteiger partial charge on any atom is -0.493 e. The molecule has 3 N–H and O–H groups in total. The summed E-state index contributed by atoms with van der Waals surface area (Å²) in [4.78, 5) is 21.7. The van der Waals surface area contributed by atoms with Crippen molar-refractivity contribution in [2.75, 3.05) is 13.2 Å². The number of ether oxygens (including phenoxy) is 4. The van der Waals surface area contributed by atoms with Crippen molar-refractivity contribution in [1.82, 2.24) is 0 Å². The van der Waals surface area contributed by atoms with Crippen LogP contribution in [0.1, 0.15) is 23.2 Å². The Balaban J connectivity index is 1.52. The number of aromatic carboxylic acids is 1. The van der Waals surface area contributed by atoms with Crippen LogP contribution >= 0.6 is 0 Å². The molecule has 1 aromatic carbocycles. The van der Waals surface area contributed by atoms with Crippen molar-refractivity contribution in [3.63, 3.8) is 0 Å². The molecule has 1 saturated heterocycles. The lowest BCUT2D eigenvalue weighted by atomic mass is 10.0. The number of aliphatic carboxylic acids is 1. The van der Waals surface area contributed by atoms with Crippen LogP contribution in [0.4, 0.5) is 0 Å². The third-order valence-corrected chi connectivity index (χ3v) is 3.93. The molecule has 9 heteroatoms. The van der Waals surface area contributed by atoms with E-state index in [9.17, 15) is 14.7 Å². The monoisotopic (exact) mass is 366 g/mol. The van der Waals surface area contributed by atoms with Gasteiger partial charge < -0.3 is 34.3 Å². The number of benzene rings is 1. The zero-order valence-electron chi connectivity index (χ0n) is 13.7. The molecular formula is C17H18O9. The van der Waals surface area contributed by atoms with Gasteiger partial charge in [0.2, 0.25) is 0 Å². The Morgan fingerprint density at radius 3 is 2.54 bits per heavy atom. The minimum atomic E-state index is -1.18. The molecule has 3 atom stereocenters. The Kier molecular flexibility index (Phi) is 5.17. The van der Waals surface area contributed by atoms with Crippen LogP contribution in [0.2, 0.25) is 0 Å². The smallest absolute Gasteiger partial charge is 0.341 e. The molecular weight excluding hydrogens is 348 g/mol. The highest BCUT2D eigenvalue weighted by atomic mass is 16.6. The van der Waals surface area contributed by atoms with E-state index < -0.39 is 24.6 Å². The summed E-state index contributed by atoms with van der Waals surface area (Å²) >= 11 is 0. The lowest BCUT2D eigenvalue weighted by Gasteiger charge is -2.22. The SMILES string of the molecule is O=C(O)COc1cc(OCCCC2OC=C3OC3C2O)cc(C(=O)O)c1. The number of carbonyl (C=O) groups is 2. The first-order valence-corrected chi connectivity index (χ1v) is 8.00. The molecule has 0 saturated carbocycles. The first-order chi connectivity index (χ1) is 12.4. The van der Waals surface area contributed by atoms with Crippen LogP contribution < -0.4 is 9.47 Å². The standard InChI is InChI=1S/C17H18O9/c18-14(19)8-24-11-5-9(17(21)22)4-10(6-11)23-3-1-2-12-15(20)16-13(26-16)7-25-12/h4-7,12,15-16,20H,1-3,8H2,(H,18,19)(H,21,22). The van der Waals surface area contributed by atoms with Crippen molar-refractivity contribution in [3.8, 4) is 11.5 Å². The zero-order chi connectivity index (χ0) is 18.7. The van der Waals surface area contributed by atoms with Crippen molar-refractivity contribution < 1.29 is 43.9 Å². The van der Waals surface area contributed by atoms with Gasteiger partial charge in [0.05, 0.1) is 12.2 Å². The molecule has 0 radical (unpaired) electrons. The maximum atomic E-state index is 11.2. The average Bonchev–Trinajstić information content (AvgIpc) is 3.39. The van der Waals surface area contributed by atoms with Crippen molar-refractivity contribution in [2.45, 2.75) is 31.2 Å². The molecule has 3 rings (SSSR count). The molecule has 2 heterocycles. The lowest BCUT2D eigenvalue weighted by molar-refractivity contribution is -0.139. The molecule has 1 fully saturated rings. The van der Waals surface area contributed by atoms with Crippen LogP contribution in [0, 0.1) is 0 Å². The van der Waals surface area contributed by atoms with E-state index in [0.717, 1.165) is 0 Å². The topological polar surface area (TPSA) is 135 Å². The highest BCUT2D eigenvalue weighted by Crippen LogP contribution is 2.37. The molecule has 140 valence electrons. The summed E-state index contributed by atoms with van der Waals surface area (Å²) < 4.78 is 21.1. The molecule has 2 aliphatic heterocycles. The number of hydrogen-bond donors (Lipinski definition) is 3. The van der Waals surface area contributed by atoms with Crippen molar-refractivity contribution in [3.05, 3.63) is 35.8 Å². The van der Waals surface area contributed by atoms with E-state index in [2.05, 4.69) is 0 Å². The summed E-state index contributed by atoms with van der Waals surface area (Å²) in [5, 5.41) is 27.7. The summed E-state index contributed by atoms with van der Waals surface area (Å²) in [6.07, 6.45) is 1.24. The molecule has 3 unspecified atom stereocenters. The Morgan fingerprint density at radius 2 is 1.85 bits per heavy atom. The van der Waals surface area contributed by atoms with E-state index in [-0.39, 0.29) is 35.9 Å².